The van der Waals surface area contributed by atoms with E-state index >= 15 is 0 Å². The molecule has 0 bridgehead atoms. The number of ether oxygens (including phenoxy) is 2. The topological polar surface area (TPSA) is 52.6 Å². The summed E-state index contributed by atoms with van der Waals surface area (Å²) in [7, 11) is 0. The molecule has 1 fully saturated rings. The zero-order valence-corrected chi connectivity index (χ0v) is 15.5. The van der Waals surface area contributed by atoms with Gasteiger partial charge in [0, 0.05) is 11.1 Å². The fourth-order valence-corrected chi connectivity index (χ4v) is 4.07. The Labute approximate surface area is 154 Å². The summed E-state index contributed by atoms with van der Waals surface area (Å²) in [5.41, 5.74) is 3.46. The van der Waals surface area contributed by atoms with Crippen molar-refractivity contribution in [3.8, 4) is 5.75 Å². The van der Waals surface area contributed by atoms with Crippen LogP contribution in [0.2, 0.25) is 0 Å². The summed E-state index contributed by atoms with van der Waals surface area (Å²) < 4.78 is 10.9. The first kappa shape index (κ1) is 18.4. The maximum atomic E-state index is 11.8. The lowest BCUT2D eigenvalue weighted by molar-refractivity contribution is -0.146. The fraction of sp³-hybridized carbons (Fsp3) is 0.455. The van der Waals surface area contributed by atoms with Crippen LogP contribution in [0.25, 0.3) is 0 Å². The number of hydrogen-bond acceptors (Lipinski definition) is 4. The maximum absolute atomic E-state index is 11.8. The van der Waals surface area contributed by atoms with Crippen LogP contribution in [0.1, 0.15) is 56.6 Å². The number of aryl methyl sites for hydroxylation is 1. The van der Waals surface area contributed by atoms with E-state index in [-0.39, 0.29) is 12.1 Å². The summed E-state index contributed by atoms with van der Waals surface area (Å²) in [6.45, 7) is 10.6. The first-order chi connectivity index (χ1) is 12.3. The average molecular weight is 354 g/mol. The summed E-state index contributed by atoms with van der Waals surface area (Å²) in [5, 5.41) is 0. The van der Waals surface area contributed by atoms with Gasteiger partial charge < -0.3 is 9.47 Å². The van der Waals surface area contributed by atoms with Crippen molar-refractivity contribution in [1.82, 2.24) is 0 Å². The lowest BCUT2D eigenvalue weighted by Gasteiger charge is -2.40. The summed E-state index contributed by atoms with van der Waals surface area (Å²) in [6.07, 6.45) is 4.82. The molecule has 0 aliphatic heterocycles. The van der Waals surface area contributed by atoms with E-state index in [9.17, 15) is 9.59 Å². The van der Waals surface area contributed by atoms with Gasteiger partial charge in [-0.1, -0.05) is 19.2 Å². The van der Waals surface area contributed by atoms with Gasteiger partial charge in [-0.2, -0.15) is 0 Å². The Morgan fingerprint density at radius 3 is 2.46 bits per heavy atom. The van der Waals surface area contributed by atoms with E-state index < -0.39 is 5.97 Å². The quantitative estimate of drug-likeness (QED) is 0.454. The van der Waals surface area contributed by atoms with E-state index in [4.69, 9.17) is 9.47 Å². The third-order valence-electron chi connectivity index (χ3n) is 5.41. The van der Waals surface area contributed by atoms with Crippen LogP contribution in [0.15, 0.2) is 42.5 Å². The molecule has 0 heterocycles. The van der Waals surface area contributed by atoms with Gasteiger partial charge in [0.15, 0.2) is 0 Å². The van der Waals surface area contributed by atoms with Crippen molar-refractivity contribution in [3.63, 3.8) is 0 Å². The van der Waals surface area contributed by atoms with Crippen molar-refractivity contribution in [2.24, 2.45) is 5.92 Å². The van der Waals surface area contributed by atoms with Crippen LogP contribution >= 0.6 is 0 Å². The Kier molecular flexibility index (Phi) is 5.30. The number of fused-ring (bicyclic) bond motifs is 3. The Bertz CT molecular complexity index is 761. The molecule has 4 heteroatoms. The van der Waals surface area contributed by atoms with Crippen LogP contribution < -0.4 is 4.74 Å². The second-order valence-corrected chi connectivity index (χ2v) is 7.56. The van der Waals surface area contributed by atoms with Crippen molar-refractivity contribution < 1.29 is 19.1 Å². The zero-order valence-electron chi connectivity index (χ0n) is 15.5. The van der Waals surface area contributed by atoms with Gasteiger partial charge in [0.25, 0.3) is 0 Å². The average Bonchev–Trinajstić information content (AvgIpc) is 2.61. The van der Waals surface area contributed by atoms with Crippen molar-refractivity contribution >= 4 is 11.9 Å². The van der Waals surface area contributed by atoms with Crippen LogP contribution in [0.4, 0.5) is 0 Å². The molecule has 0 N–H and O–H groups in total. The highest BCUT2D eigenvalue weighted by Crippen LogP contribution is 2.46. The molecule has 3 unspecified atom stereocenters. The highest BCUT2D eigenvalue weighted by molar-refractivity contribution is 5.88. The van der Waals surface area contributed by atoms with Gasteiger partial charge in [-0.3, -0.25) is 0 Å². The van der Waals surface area contributed by atoms with Gasteiger partial charge >= 0.3 is 11.9 Å². The van der Waals surface area contributed by atoms with Gasteiger partial charge in [-0.25, -0.2) is 9.59 Å². The Morgan fingerprint density at radius 2 is 1.77 bits per heavy atom. The molecule has 2 aliphatic carbocycles. The largest absolute Gasteiger partial charge is 0.459 e. The lowest BCUT2D eigenvalue weighted by Crippen LogP contribution is -2.33. The SMILES string of the molecule is C=C(C)C(=O)Oc1ccc2c(c1)CCC1CC(OC(=O)C(=C)C)CCC21. The van der Waals surface area contributed by atoms with Crippen LogP contribution in [-0.4, -0.2) is 18.0 Å². The summed E-state index contributed by atoms with van der Waals surface area (Å²) in [5.74, 6) is 0.929. The smallest absolute Gasteiger partial charge is 0.338 e. The number of hydrogen-bond donors (Lipinski definition) is 0. The molecule has 3 atom stereocenters. The molecule has 0 saturated heterocycles. The van der Waals surface area contributed by atoms with Crippen molar-refractivity contribution in [2.75, 3.05) is 0 Å². The molecule has 0 radical (unpaired) electrons. The van der Waals surface area contributed by atoms with E-state index in [0.29, 0.717) is 28.7 Å². The van der Waals surface area contributed by atoms with Gasteiger partial charge in [-0.15, -0.1) is 0 Å². The van der Waals surface area contributed by atoms with Crippen LogP contribution in [-0.2, 0) is 20.7 Å². The minimum absolute atomic E-state index is 0.00204. The molecule has 26 heavy (non-hydrogen) atoms. The molecular weight excluding hydrogens is 328 g/mol. The highest BCUT2D eigenvalue weighted by atomic mass is 16.5. The predicted molar refractivity (Wildman–Crippen MR) is 100.0 cm³/mol. The monoisotopic (exact) mass is 354 g/mol. The molecule has 1 saturated carbocycles. The number of benzene rings is 1. The van der Waals surface area contributed by atoms with Gasteiger partial charge in [0.05, 0.1) is 0 Å². The van der Waals surface area contributed by atoms with Crippen LogP contribution in [0.5, 0.6) is 5.75 Å². The first-order valence-corrected chi connectivity index (χ1v) is 9.22. The van der Waals surface area contributed by atoms with Crippen molar-refractivity contribution in [1.29, 1.82) is 0 Å². The standard InChI is InChI=1S/C22H26O4/c1-13(2)21(23)25-17-7-9-19-15(11-17)5-6-16-12-18(8-10-20(16)19)26-22(24)14(3)4/h7,9,11,16,18,20H,1,3,5-6,8,10,12H2,2,4H3. The molecular formula is C22H26O4. The molecule has 0 amide bonds. The summed E-state index contributed by atoms with van der Waals surface area (Å²) in [4.78, 5) is 23.5. The highest BCUT2D eigenvalue weighted by Gasteiger charge is 2.36. The molecule has 138 valence electrons. The summed E-state index contributed by atoms with van der Waals surface area (Å²) >= 11 is 0. The molecule has 2 aliphatic rings. The number of rotatable bonds is 4. The number of carbonyl (C=O) groups is 2. The molecule has 1 aromatic carbocycles. The van der Waals surface area contributed by atoms with E-state index in [0.717, 1.165) is 32.1 Å². The predicted octanol–water partition coefficient (Wildman–Crippen LogP) is 4.49. The van der Waals surface area contributed by atoms with Gasteiger partial charge in [0.2, 0.25) is 0 Å². The van der Waals surface area contributed by atoms with Gasteiger partial charge in [0.1, 0.15) is 11.9 Å². The Morgan fingerprint density at radius 1 is 1.04 bits per heavy atom. The maximum Gasteiger partial charge on any atom is 0.338 e. The number of esters is 2. The van der Waals surface area contributed by atoms with Crippen molar-refractivity contribution in [3.05, 3.63) is 53.6 Å². The first-order valence-electron chi connectivity index (χ1n) is 9.22. The van der Waals surface area contributed by atoms with E-state index in [1.54, 1.807) is 13.8 Å². The molecule has 3 rings (SSSR count). The third kappa shape index (κ3) is 3.90. The fourth-order valence-electron chi connectivity index (χ4n) is 4.07. The second-order valence-electron chi connectivity index (χ2n) is 7.56. The Hall–Kier alpha value is -2.36. The third-order valence-corrected chi connectivity index (χ3v) is 5.41. The molecule has 0 spiro atoms. The minimum atomic E-state index is -0.390. The Balaban J connectivity index is 1.69. The van der Waals surface area contributed by atoms with E-state index in [1.165, 1.54) is 11.1 Å². The van der Waals surface area contributed by atoms with Crippen LogP contribution in [0, 0.1) is 5.92 Å². The van der Waals surface area contributed by atoms with E-state index in [1.807, 2.05) is 12.1 Å². The number of carbonyl (C=O) groups excluding carboxylic acids is 2. The second kappa shape index (κ2) is 7.48. The van der Waals surface area contributed by atoms with Crippen molar-refractivity contribution in [2.45, 2.75) is 58.0 Å². The summed E-state index contributed by atoms with van der Waals surface area (Å²) in [6, 6.07) is 5.95. The van der Waals surface area contributed by atoms with E-state index in [2.05, 4.69) is 19.2 Å². The zero-order chi connectivity index (χ0) is 18.8. The molecule has 4 nitrogen and oxygen atoms in total. The van der Waals surface area contributed by atoms with Gasteiger partial charge in [-0.05, 0) is 81.0 Å². The lowest BCUT2D eigenvalue weighted by atomic mass is 9.67. The van der Waals surface area contributed by atoms with Crippen LogP contribution in [0.3, 0.4) is 0 Å². The molecule has 0 aromatic heterocycles. The molecule has 1 aromatic rings. The normalized spacial score (nSPS) is 24.0. The minimum Gasteiger partial charge on any atom is -0.459 e.